The summed E-state index contributed by atoms with van der Waals surface area (Å²) in [5.74, 6) is 2.15. The van der Waals surface area contributed by atoms with Crippen LogP contribution in [-0.2, 0) is 11.3 Å². The van der Waals surface area contributed by atoms with Gasteiger partial charge in [0.15, 0.2) is 5.96 Å². The first-order chi connectivity index (χ1) is 13.5. The van der Waals surface area contributed by atoms with E-state index in [1.54, 1.807) is 4.90 Å². The molecule has 1 fully saturated rings. The monoisotopic (exact) mass is 391 g/mol. The van der Waals surface area contributed by atoms with Gasteiger partial charge in [0, 0.05) is 65.3 Å². The number of guanidine groups is 1. The summed E-state index contributed by atoms with van der Waals surface area (Å²) >= 11 is 0. The van der Waals surface area contributed by atoms with Crippen LogP contribution >= 0.6 is 0 Å². The fraction of sp³-hybridized carbons (Fsp3) is 0.750. The number of likely N-dealkylation sites (N-methyl/N-ethyl adjacent to an activating group) is 1. The number of imidazole rings is 1. The molecule has 1 aromatic heterocycles. The standard InChI is InChI=1S/C20H37N7O/c1-5-21-20(23-10-6-7-12-27-15-11-22-17(27)2)24-18-8-13-26(14-9-18)16-19(28)25(3)4/h11,15,18H,5-10,12-14,16H2,1-4H3,(H2,21,23,24). The summed E-state index contributed by atoms with van der Waals surface area (Å²) < 4.78 is 2.18. The number of nitrogens with zero attached hydrogens (tertiary/aromatic N) is 5. The van der Waals surface area contributed by atoms with Gasteiger partial charge in [0.2, 0.25) is 5.91 Å². The van der Waals surface area contributed by atoms with Gasteiger partial charge in [-0.15, -0.1) is 0 Å². The molecule has 0 unspecified atom stereocenters. The van der Waals surface area contributed by atoms with E-state index in [9.17, 15) is 4.79 Å². The Morgan fingerprint density at radius 2 is 2.07 bits per heavy atom. The van der Waals surface area contributed by atoms with E-state index in [0.717, 1.165) is 70.2 Å². The second-order valence-corrected chi connectivity index (χ2v) is 7.62. The first-order valence-corrected chi connectivity index (χ1v) is 10.4. The lowest BCUT2D eigenvalue weighted by Gasteiger charge is -2.33. The van der Waals surface area contributed by atoms with Gasteiger partial charge in [0.1, 0.15) is 5.82 Å². The number of nitrogens with one attached hydrogen (secondary N) is 2. The molecule has 0 radical (unpaired) electrons. The number of aliphatic imine (C=N–C) groups is 1. The number of carbonyl (C=O) groups is 1. The predicted octanol–water partition coefficient (Wildman–Crippen LogP) is 1.08. The number of unbranched alkanes of at least 4 members (excludes halogenated alkanes) is 1. The van der Waals surface area contributed by atoms with Gasteiger partial charge in [-0.25, -0.2) is 4.98 Å². The number of aromatic nitrogens is 2. The third-order valence-electron chi connectivity index (χ3n) is 5.13. The zero-order chi connectivity index (χ0) is 20.4. The summed E-state index contributed by atoms with van der Waals surface area (Å²) in [4.78, 5) is 24.7. The third kappa shape index (κ3) is 7.50. The number of likely N-dealkylation sites (tertiary alicyclic amines) is 1. The van der Waals surface area contributed by atoms with E-state index >= 15 is 0 Å². The van der Waals surface area contributed by atoms with Gasteiger partial charge in [-0.1, -0.05) is 0 Å². The molecule has 1 amide bonds. The van der Waals surface area contributed by atoms with Crippen molar-refractivity contribution in [2.75, 3.05) is 46.8 Å². The Morgan fingerprint density at radius 1 is 1.32 bits per heavy atom. The van der Waals surface area contributed by atoms with Gasteiger partial charge in [0.05, 0.1) is 6.54 Å². The van der Waals surface area contributed by atoms with E-state index in [1.165, 1.54) is 0 Å². The molecule has 0 atom stereocenters. The first-order valence-electron chi connectivity index (χ1n) is 10.4. The molecular weight excluding hydrogens is 354 g/mol. The van der Waals surface area contributed by atoms with Gasteiger partial charge in [0.25, 0.3) is 0 Å². The van der Waals surface area contributed by atoms with Gasteiger partial charge in [-0.3, -0.25) is 14.7 Å². The summed E-state index contributed by atoms with van der Waals surface area (Å²) in [7, 11) is 3.62. The van der Waals surface area contributed by atoms with Crippen LogP contribution in [0.2, 0.25) is 0 Å². The Kier molecular flexibility index (Phi) is 9.27. The molecule has 1 aliphatic heterocycles. The number of hydrogen-bond donors (Lipinski definition) is 2. The van der Waals surface area contributed by atoms with Crippen LogP contribution in [0.5, 0.6) is 0 Å². The highest BCUT2D eigenvalue weighted by Gasteiger charge is 2.21. The average molecular weight is 392 g/mol. The van der Waals surface area contributed by atoms with E-state index in [2.05, 4.69) is 32.0 Å². The summed E-state index contributed by atoms with van der Waals surface area (Å²) in [6.45, 7) is 9.21. The van der Waals surface area contributed by atoms with E-state index < -0.39 is 0 Å². The Morgan fingerprint density at radius 3 is 2.68 bits per heavy atom. The lowest BCUT2D eigenvalue weighted by molar-refractivity contribution is -0.130. The van der Waals surface area contributed by atoms with Crippen molar-refractivity contribution < 1.29 is 4.79 Å². The molecule has 8 nitrogen and oxygen atoms in total. The second kappa shape index (κ2) is 11.7. The van der Waals surface area contributed by atoms with Crippen molar-refractivity contribution in [2.45, 2.75) is 52.1 Å². The minimum absolute atomic E-state index is 0.173. The molecule has 2 rings (SSSR count). The minimum atomic E-state index is 0.173. The molecule has 8 heteroatoms. The summed E-state index contributed by atoms with van der Waals surface area (Å²) in [6.07, 6.45) is 8.10. The molecule has 0 bridgehead atoms. The summed E-state index contributed by atoms with van der Waals surface area (Å²) in [6, 6.07) is 0.414. The van der Waals surface area contributed by atoms with Crippen LogP contribution in [0.25, 0.3) is 0 Å². The number of carbonyl (C=O) groups excluding carboxylic acids is 1. The van der Waals surface area contributed by atoms with Crippen LogP contribution in [0, 0.1) is 6.92 Å². The zero-order valence-electron chi connectivity index (χ0n) is 17.9. The predicted molar refractivity (Wildman–Crippen MR) is 113 cm³/mol. The number of hydrogen-bond acceptors (Lipinski definition) is 4. The van der Waals surface area contributed by atoms with Crippen LogP contribution in [0.15, 0.2) is 17.4 Å². The number of rotatable bonds is 9. The fourth-order valence-corrected chi connectivity index (χ4v) is 3.31. The van der Waals surface area contributed by atoms with E-state index in [0.29, 0.717) is 12.6 Å². The van der Waals surface area contributed by atoms with E-state index in [4.69, 9.17) is 4.99 Å². The van der Waals surface area contributed by atoms with E-state index in [1.807, 2.05) is 33.4 Å². The molecule has 0 aromatic carbocycles. The van der Waals surface area contributed by atoms with Crippen molar-refractivity contribution in [3.05, 3.63) is 18.2 Å². The molecule has 2 N–H and O–H groups in total. The highest BCUT2D eigenvalue weighted by Crippen LogP contribution is 2.10. The molecule has 28 heavy (non-hydrogen) atoms. The quantitative estimate of drug-likeness (QED) is 0.374. The zero-order valence-corrected chi connectivity index (χ0v) is 17.9. The Hall–Kier alpha value is -2.09. The normalized spacial score (nSPS) is 16.2. The van der Waals surface area contributed by atoms with Gasteiger partial charge >= 0.3 is 0 Å². The van der Waals surface area contributed by atoms with Crippen molar-refractivity contribution in [2.24, 2.45) is 4.99 Å². The van der Waals surface area contributed by atoms with Crippen molar-refractivity contribution in [1.29, 1.82) is 0 Å². The fourth-order valence-electron chi connectivity index (χ4n) is 3.31. The van der Waals surface area contributed by atoms with Crippen molar-refractivity contribution in [1.82, 2.24) is 30.0 Å². The molecule has 1 aliphatic rings. The molecule has 2 heterocycles. The van der Waals surface area contributed by atoms with Gasteiger partial charge in [-0.05, 0) is 39.5 Å². The highest BCUT2D eigenvalue weighted by atomic mass is 16.2. The molecule has 0 spiro atoms. The van der Waals surface area contributed by atoms with Gasteiger partial charge in [-0.2, -0.15) is 0 Å². The van der Waals surface area contributed by atoms with E-state index in [-0.39, 0.29) is 5.91 Å². The number of piperidine rings is 1. The topological polar surface area (TPSA) is 77.8 Å². The molecule has 158 valence electrons. The summed E-state index contributed by atoms with van der Waals surface area (Å²) in [5.41, 5.74) is 0. The molecule has 1 aromatic rings. The minimum Gasteiger partial charge on any atom is -0.357 e. The Labute approximate surface area is 169 Å². The third-order valence-corrected chi connectivity index (χ3v) is 5.13. The van der Waals surface area contributed by atoms with Crippen LogP contribution in [0.4, 0.5) is 0 Å². The average Bonchev–Trinajstić information content (AvgIpc) is 3.08. The Bertz CT molecular complexity index is 618. The van der Waals surface area contributed by atoms with Crippen LogP contribution in [0.1, 0.15) is 38.4 Å². The summed E-state index contributed by atoms with van der Waals surface area (Å²) in [5, 5.41) is 6.92. The van der Waals surface area contributed by atoms with Crippen molar-refractivity contribution in [3.63, 3.8) is 0 Å². The number of amides is 1. The number of aryl methyl sites for hydroxylation is 2. The van der Waals surface area contributed by atoms with Gasteiger partial charge < -0.3 is 20.1 Å². The second-order valence-electron chi connectivity index (χ2n) is 7.62. The maximum Gasteiger partial charge on any atom is 0.236 e. The Balaban J connectivity index is 1.69. The lowest BCUT2D eigenvalue weighted by atomic mass is 10.1. The maximum absolute atomic E-state index is 11.9. The molecule has 0 aliphatic carbocycles. The first kappa shape index (κ1) is 22.2. The van der Waals surface area contributed by atoms with Crippen molar-refractivity contribution in [3.8, 4) is 0 Å². The smallest absolute Gasteiger partial charge is 0.236 e. The van der Waals surface area contributed by atoms with Crippen LogP contribution in [-0.4, -0.2) is 84.1 Å². The molecule has 0 saturated carbocycles. The largest absolute Gasteiger partial charge is 0.357 e. The highest BCUT2D eigenvalue weighted by molar-refractivity contribution is 5.80. The van der Waals surface area contributed by atoms with Crippen molar-refractivity contribution >= 4 is 11.9 Å². The van der Waals surface area contributed by atoms with Crippen LogP contribution < -0.4 is 10.6 Å². The lowest BCUT2D eigenvalue weighted by Crippen LogP contribution is -2.50. The SMILES string of the molecule is CCNC(=NCCCCn1ccnc1C)NC1CCN(CC(=O)N(C)C)CC1. The maximum atomic E-state index is 11.9. The van der Waals surface area contributed by atoms with Crippen LogP contribution in [0.3, 0.4) is 0 Å². The molecular formula is C20H37N7O. The molecule has 1 saturated heterocycles.